The zero-order chi connectivity index (χ0) is 19.0. The van der Waals surface area contributed by atoms with Crippen LogP contribution in [0.15, 0.2) is 61.1 Å². The molecule has 1 aromatic carbocycles. The fourth-order valence-corrected chi connectivity index (χ4v) is 3.14. The first-order valence-electron chi connectivity index (χ1n) is 8.41. The van der Waals surface area contributed by atoms with Crippen LogP contribution in [0.4, 0.5) is 0 Å². The van der Waals surface area contributed by atoms with Crippen LogP contribution in [0.1, 0.15) is 21.6 Å². The predicted octanol–water partition coefficient (Wildman–Crippen LogP) is 1.96. The minimum absolute atomic E-state index is 0.214. The number of fused-ring (bicyclic) bond motifs is 1. The maximum Gasteiger partial charge on any atom is 0.267 e. The molecule has 7 heteroatoms. The number of aromatic nitrogens is 4. The van der Waals surface area contributed by atoms with Crippen LogP contribution in [0.25, 0.3) is 22.2 Å². The Hall–Kier alpha value is -3.74. The molecule has 0 radical (unpaired) electrons. The Bertz CT molecular complexity index is 1170. The summed E-state index contributed by atoms with van der Waals surface area (Å²) in [7, 11) is 1.80. The van der Waals surface area contributed by atoms with Crippen LogP contribution >= 0.6 is 0 Å². The molecule has 0 saturated carbocycles. The summed E-state index contributed by atoms with van der Waals surface area (Å²) in [5, 5.41) is 17.5. The van der Waals surface area contributed by atoms with Crippen molar-refractivity contribution >= 4 is 16.8 Å². The standard InChI is InChI=1S/C20H17N5O2/c1-24-12-15(10-22-24)19-7-6-13(11-25(19)27)8-14-9-18(20(21)26)23-17-5-3-2-4-16(14)17/h2-7,9-12H,8H2,1H3,(H2,21,26). The average Bonchev–Trinajstić information content (AvgIpc) is 3.07. The van der Waals surface area contributed by atoms with E-state index in [1.54, 1.807) is 42.5 Å². The second kappa shape index (κ2) is 6.53. The number of carbonyl (C=O) groups is 1. The third-order valence-corrected chi connectivity index (χ3v) is 4.43. The fraction of sp³-hybridized carbons (Fsp3) is 0.100. The molecule has 7 nitrogen and oxygen atoms in total. The van der Waals surface area contributed by atoms with Crippen LogP contribution in [0.2, 0.25) is 0 Å². The van der Waals surface area contributed by atoms with Crippen molar-refractivity contribution < 1.29 is 9.52 Å². The normalized spacial score (nSPS) is 11.0. The molecule has 0 spiro atoms. The highest BCUT2D eigenvalue weighted by Gasteiger charge is 2.14. The van der Waals surface area contributed by atoms with Gasteiger partial charge in [-0.15, -0.1) is 0 Å². The van der Waals surface area contributed by atoms with E-state index in [1.807, 2.05) is 30.3 Å². The Kier molecular flexibility index (Phi) is 4.04. The molecule has 0 aliphatic rings. The number of carbonyl (C=O) groups excluding carboxylic acids is 1. The first-order valence-corrected chi connectivity index (χ1v) is 8.41. The molecule has 0 aliphatic heterocycles. The summed E-state index contributed by atoms with van der Waals surface area (Å²) < 4.78 is 2.49. The minimum Gasteiger partial charge on any atom is -0.618 e. The molecule has 3 heterocycles. The highest BCUT2D eigenvalue weighted by Crippen LogP contribution is 2.22. The number of nitrogens with zero attached hydrogens (tertiary/aromatic N) is 4. The number of nitrogens with two attached hydrogens (primary N) is 1. The number of primary amides is 1. The zero-order valence-corrected chi connectivity index (χ0v) is 14.7. The molecule has 0 bridgehead atoms. The van der Waals surface area contributed by atoms with E-state index in [0.717, 1.165) is 26.8 Å². The second-order valence-electron chi connectivity index (χ2n) is 6.38. The van der Waals surface area contributed by atoms with Gasteiger partial charge in [0.2, 0.25) is 5.69 Å². The van der Waals surface area contributed by atoms with Crippen LogP contribution in [0.5, 0.6) is 0 Å². The number of benzene rings is 1. The maximum atomic E-state index is 12.5. The summed E-state index contributed by atoms with van der Waals surface area (Å²) in [6.45, 7) is 0. The van der Waals surface area contributed by atoms with E-state index in [1.165, 1.54) is 0 Å². The number of para-hydroxylation sites is 1. The predicted molar refractivity (Wildman–Crippen MR) is 101 cm³/mol. The summed E-state index contributed by atoms with van der Waals surface area (Å²) in [5.41, 5.74) is 9.33. The van der Waals surface area contributed by atoms with Crippen molar-refractivity contribution in [1.82, 2.24) is 14.8 Å². The zero-order valence-electron chi connectivity index (χ0n) is 14.7. The number of pyridine rings is 2. The molecular formula is C20H17N5O2. The highest BCUT2D eigenvalue weighted by molar-refractivity contribution is 5.95. The average molecular weight is 359 g/mol. The van der Waals surface area contributed by atoms with Crippen LogP contribution < -0.4 is 10.5 Å². The molecular weight excluding hydrogens is 342 g/mol. The Morgan fingerprint density at radius 3 is 2.78 bits per heavy atom. The van der Waals surface area contributed by atoms with E-state index in [9.17, 15) is 10.0 Å². The van der Waals surface area contributed by atoms with E-state index in [0.29, 0.717) is 17.6 Å². The largest absolute Gasteiger partial charge is 0.618 e. The van der Waals surface area contributed by atoms with Crippen molar-refractivity contribution in [3.63, 3.8) is 0 Å². The molecule has 4 aromatic rings. The smallest absolute Gasteiger partial charge is 0.267 e. The Labute approximate surface area is 155 Å². The van der Waals surface area contributed by atoms with Crippen molar-refractivity contribution in [2.75, 3.05) is 0 Å². The van der Waals surface area contributed by atoms with Gasteiger partial charge in [-0.1, -0.05) is 18.2 Å². The van der Waals surface area contributed by atoms with E-state index >= 15 is 0 Å². The minimum atomic E-state index is -0.576. The second-order valence-corrected chi connectivity index (χ2v) is 6.38. The molecule has 27 heavy (non-hydrogen) atoms. The lowest BCUT2D eigenvalue weighted by molar-refractivity contribution is -0.594. The Morgan fingerprint density at radius 2 is 2.07 bits per heavy atom. The van der Waals surface area contributed by atoms with Gasteiger partial charge in [0.15, 0.2) is 6.20 Å². The van der Waals surface area contributed by atoms with Crippen LogP contribution in [-0.2, 0) is 13.5 Å². The van der Waals surface area contributed by atoms with Gasteiger partial charge in [-0.3, -0.25) is 9.48 Å². The molecule has 0 unspecified atom stereocenters. The lowest BCUT2D eigenvalue weighted by atomic mass is 10.0. The molecule has 3 aromatic heterocycles. The molecule has 4 rings (SSSR count). The summed E-state index contributed by atoms with van der Waals surface area (Å²) in [5.74, 6) is -0.576. The summed E-state index contributed by atoms with van der Waals surface area (Å²) in [4.78, 5) is 15.9. The first kappa shape index (κ1) is 16.7. The van der Waals surface area contributed by atoms with Crippen molar-refractivity contribution in [3.8, 4) is 11.3 Å². The lowest BCUT2D eigenvalue weighted by Crippen LogP contribution is -2.29. The third kappa shape index (κ3) is 3.22. The Balaban J connectivity index is 1.74. The van der Waals surface area contributed by atoms with Crippen molar-refractivity contribution in [1.29, 1.82) is 0 Å². The molecule has 0 aliphatic carbocycles. The van der Waals surface area contributed by atoms with Gasteiger partial charge in [0.1, 0.15) is 5.69 Å². The van der Waals surface area contributed by atoms with Gasteiger partial charge in [-0.05, 0) is 23.8 Å². The van der Waals surface area contributed by atoms with Crippen LogP contribution in [0.3, 0.4) is 0 Å². The number of hydrogen-bond acceptors (Lipinski definition) is 4. The van der Waals surface area contributed by atoms with E-state index in [2.05, 4.69) is 10.1 Å². The third-order valence-electron chi connectivity index (χ3n) is 4.43. The molecule has 2 N–H and O–H groups in total. The molecule has 0 atom stereocenters. The quantitative estimate of drug-likeness (QED) is 0.444. The molecule has 1 amide bonds. The van der Waals surface area contributed by atoms with Crippen LogP contribution in [0, 0.1) is 5.21 Å². The van der Waals surface area contributed by atoms with E-state index in [4.69, 9.17) is 5.73 Å². The first-order chi connectivity index (χ1) is 13.0. The van der Waals surface area contributed by atoms with Gasteiger partial charge < -0.3 is 10.9 Å². The van der Waals surface area contributed by atoms with Crippen molar-refractivity contribution in [2.45, 2.75) is 6.42 Å². The van der Waals surface area contributed by atoms with Gasteiger partial charge in [-0.25, -0.2) is 4.98 Å². The maximum absolute atomic E-state index is 12.5. The molecule has 0 saturated heterocycles. The van der Waals surface area contributed by atoms with Gasteiger partial charge in [-0.2, -0.15) is 9.83 Å². The van der Waals surface area contributed by atoms with Gasteiger partial charge >= 0.3 is 0 Å². The van der Waals surface area contributed by atoms with E-state index < -0.39 is 5.91 Å². The Morgan fingerprint density at radius 1 is 1.26 bits per heavy atom. The summed E-state index contributed by atoms with van der Waals surface area (Å²) >= 11 is 0. The molecule has 134 valence electrons. The van der Waals surface area contributed by atoms with E-state index in [-0.39, 0.29) is 5.69 Å². The summed E-state index contributed by atoms with van der Waals surface area (Å²) in [6, 6.07) is 12.9. The number of amides is 1. The monoisotopic (exact) mass is 359 g/mol. The number of aryl methyl sites for hydroxylation is 1. The fourth-order valence-electron chi connectivity index (χ4n) is 3.14. The van der Waals surface area contributed by atoms with Gasteiger partial charge in [0, 0.05) is 36.7 Å². The summed E-state index contributed by atoms with van der Waals surface area (Å²) in [6.07, 6.45) is 5.47. The molecule has 0 fully saturated rings. The van der Waals surface area contributed by atoms with Gasteiger partial charge in [0.25, 0.3) is 5.91 Å². The van der Waals surface area contributed by atoms with Crippen LogP contribution in [-0.4, -0.2) is 20.7 Å². The topological polar surface area (TPSA) is 101 Å². The van der Waals surface area contributed by atoms with Crippen molar-refractivity contribution in [3.05, 3.63) is 83.1 Å². The lowest BCUT2D eigenvalue weighted by Gasteiger charge is -2.09. The SMILES string of the molecule is Cn1cc(-c2ccc(Cc3cc(C(N)=O)nc4ccccc34)c[n+]2[O-])cn1. The number of rotatable bonds is 4. The van der Waals surface area contributed by atoms with Crippen molar-refractivity contribution in [2.24, 2.45) is 12.8 Å². The number of hydrogen-bond donors (Lipinski definition) is 1. The highest BCUT2D eigenvalue weighted by atomic mass is 16.5. The van der Waals surface area contributed by atoms with Gasteiger partial charge in [0.05, 0.1) is 17.3 Å².